The number of carbonyl (C=O) groups is 3. The van der Waals surface area contributed by atoms with E-state index in [2.05, 4.69) is 0 Å². The van der Waals surface area contributed by atoms with Crippen molar-refractivity contribution in [3.63, 3.8) is 0 Å². The van der Waals surface area contributed by atoms with E-state index in [4.69, 9.17) is 21.7 Å². The number of benzene rings is 2. The minimum absolute atomic E-state index is 0. The van der Waals surface area contributed by atoms with Crippen LogP contribution in [0.2, 0.25) is 0 Å². The number of carboxylic acids is 2. The second-order valence-electron chi connectivity index (χ2n) is 6.61. The van der Waals surface area contributed by atoms with E-state index in [1.54, 1.807) is 55.5 Å². The van der Waals surface area contributed by atoms with E-state index in [0.717, 1.165) is 12.8 Å². The number of nitrogens with two attached hydrogens (primary N) is 2. The Morgan fingerprint density at radius 2 is 1.53 bits per heavy atom. The van der Waals surface area contributed by atoms with Crippen molar-refractivity contribution in [2.45, 2.75) is 38.1 Å². The molecule has 0 saturated heterocycles. The fourth-order valence-corrected chi connectivity index (χ4v) is 2.48. The molecule has 2 unspecified atom stereocenters. The summed E-state index contributed by atoms with van der Waals surface area (Å²) >= 11 is 0. The van der Waals surface area contributed by atoms with Gasteiger partial charge in [-0.3, -0.25) is 14.4 Å². The number of carbonyl (C=O) groups excluding carboxylic acids is 1. The third kappa shape index (κ3) is 9.65. The van der Waals surface area contributed by atoms with Crippen LogP contribution in [0.1, 0.15) is 55.0 Å². The molecule has 0 bridgehead atoms. The smallest absolute Gasteiger partial charge is 1.00 e. The molecule has 0 aliphatic heterocycles. The van der Waals surface area contributed by atoms with Crippen LogP contribution in [0.3, 0.4) is 0 Å². The van der Waals surface area contributed by atoms with Gasteiger partial charge < -0.3 is 23.1 Å². The van der Waals surface area contributed by atoms with E-state index in [-0.39, 0.29) is 36.8 Å². The summed E-state index contributed by atoms with van der Waals surface area (Å²) in [5, 5.41) is 17.3. The largest absolute Gasteiger partial charge is 1.00 e. The molecule has 0 heterocycles. The molecule has 158 valence electrons. The zero-order valence-electron chi connectivity index (χ0n) is 18.5. The normalized spacial score (nSPS) is 11.8. The van der Waals surface area contributed by atoms with Gasteiger partial charge >= 0.3 is 41.5 Å². The summed E-state index contributed by atoms with van der Waals surface area (Å²) in [4.78, 5) is 33.3. The molecule has 2 rings (SSSR count). The molecule has 7 nitrogen and oxygen atoms in total. The third-order valence-electron chi connectivity index (χ3n) is 4.34. The van der Waals surface area contributed by atoms with E-state index in [1.807, 2.05) is 6.07 Å². The minimum Gasteiger partial charge on any atom is -1.00 e. The topological polar surface area (TPSA) is 144 Å². The van der Waals surface area contributed by atoms with Gasteiger partial charge in [0.15, 0.2) is 5.78 Å². The van der Waals surface area contributed by atoms with Gasteiger partial charge in [0.25, 0.3) is 0 Å². The van der Waals surface area contributed by atoms with Crippen molar-refractivity contribution in [3.05, 3.63) is 71.3 Å². The van der Waals surface area contributed by atoms with Crippen LogP contribution in [0, 0.1) is 0 Å². The Kier molecular flexibility index (Phi) is 13.9. The molecule has 0 aliphatic carbocycles. The summed E-state index contributed by atoms with van der Waals surface area (Å²) in [6.07, 6.45) is 2.16. The second-order valence-corrected chi connectivity index (χ2v) is 6.61. The molecule has 0 aromatic heterocycles. The fourth-order valence-electron chi connectivity index (χ4n) is 2.48. The predicted molar refractivity (Wildman–Crippen MR) is 112 cm³/mol. The van der Waals surface area contributed by atoms with Gasteiger partial charge in [-0.2, -0.15) is 0 Å². The van der Waals surface area contributed by atoms with E-state index in [1.165, 1.54) is 0 Å². The maximum Gasteiger partial charge on any atom is 1.00 e. The van der Waals surface area contributed by atoms with Crippen molar-refractivity contribution < 1.29 is 55.6 Å². The molecule has 0 saturated carbocycles. The molecule has 0 aliphatic rings. The van der Waals surface area contributed by atoms with Crippen LogP contribution in [-0.2, 0) is 9.59 Å². The average Bonchev–Trinajstić information content (AvgIpc) is 2.73. The first-order chi connectivity index (χ1) is 13.8. The van der Waals surface area contributed by atoms with Crippen LogP contribution >= 0.6 is 0 Å². The first-order valence-corrected chi connectivity index (χ1v) is 9.38. The number of carboxylic acid groups (broad SMARTS) is 2. The number of hydrogen-bond acceptors (Lipinski definition) is 5. The Hall–Kier alpha value is -2.03. The molecular formula is C22H29N2NaO5. The van der Waals surface area contributed by atoms with Crippen molar-refractivity contribution in [1.82, 2.24) is 0 Å². The van der Waals surface area contributed by atoms with Crippen LogP contribution in [0.25, 0.3) is 0 Å². The number of hydrogen-bond donors (Lipinski definition) is 4. The van der Waals surface area contributed by atoms with Crippen LogP contribution in [-0.4, -0.2) is 40.5 Å². The zero-order valence-corrected chi connectivity index (χ0v) is 19.5. The Bertz CT molecular complexity index is 821. The van der Waals surface area contributed by atoms with Crippen molar-refractivity contribution in [1.29, 1.82) is 0 Å². The first-order valence-electron chi connectivity index (χ1n) is 9.38. The molecular weight excluding hydrogens is 395 g/mol. The van der Waals surface area contributed by atoms with E-state index < -0.39 is 23.9 Å². The summed E-state index contributed by atoms with van der Waals surface area (Å²) in [6, 6.07) is 15.0. The van der Waals surface area contributed by atoms with Crippen molar-refractivity contribution in [2.75, 3.05) is 6.54 Å². The van der Waals surface area contributed by atoms with Gasteiger partial charge in [0.1, 0.15) is 6.04 Å². The summed E-state index contributed by atoms with van der Waals surface area (Å²) in [5.41, 5.74) is 12.2. The first kappa shape index (κ1) is 28.0. The third-order valence-corrected chi connectivity index (χ3v) is 4.34. The summed E-state index contributed by atoms with van der Waals surface area (Å²) in [7, 11) is 0. The maximum absolute atomic E-state index is 12.2. The van der Waals surface area contributed by atoms with Crippen LogP contribution in [0.5, 0.6) is 0 Å². The molecule has 0 radical (unpaired) electrons. The van der Waals surface area contributed by atoms with Gasteiger partial charge in [0, 0.05) is 11.1 Å². The minimum atomic E-state index is -0.933. The Balaban J connectivity index is 0. The quantitative estimate of drug-likeness (QED) is 0.247. The SMILES string of the molecule is CC(C(=O)O)c1cccc(C(=O)c2ccccc2)c1.NCCCCC(N)C(=O)O.[H-].[Na+]. The van der Waals surface area contributed by atoms with Gasteiger partial charge in [0.2, 0.25) is 0 Å². The number of aliphatic carboxylic acids is 2. The second kappa shape index (κ2) is 14.9. The van der Waals surface area contributed by atoms with Gasteiger partial charge in [-0.1, -0.05) is 55.0 Å². The molecule has 30 heavy (non-hydrogen) atoms. The number of rotatable bonds is 9. The van der Waals surface area contributed by atoms with Gasteiger partial charge in [-0.15, -0.1) is 0 Å². The summed E-state index contributed by atoms with van der Waals surface area (Å²) < 4.78 is 0. The zero-order chi connectivity index (χ0) is 21.8. The molecule has 0 fully saturated rings. The molecule has 2 aromatic carbocycles. The molecule has 6 N–H and O–H groups in total. The van der Waals surface area contributed by atoms with E-state index >= 15 is 0 Å². The van der Waals surface area contributed by atoms with E-state index in [0.29, 0.717) is 29.7 Å². The van der Waals surface area contributed by atoms with Crippen LogP contribution in [0.15, 0.2) is 54.6 Å². The predicted octanol–water partition coefficient (Wildman–Crippen LogP) is -0.250. The fraction of sp³-hybridized carbons (Fsp3) is 0.318. The monoisotopic (exact) mass is 424 g/mol. The molecule has 8 heteroatoms. The molecule has 0 amide bonds. The van der Waals surface area contributed by atoms with Crippen LogP contribution in [0.4, 0.5) is 0 Å². The van der Waals surface area contributed by atoms with Crippen LogP contribution < -0.4 is 41.0 Å². The van der Waals surface area contributed by atoms with Crippen molar-refractivity contribution in [2.24, 2.45) is 11.5 Å². The van der Waals surface area contributed by atoms with Crippen molar-refractivity contribution >= 4 is 17.7 Å². The van der Waals surface area contributed by atoms with Gasteiger partial charge in [-0.25, -0.2) is 0 Å². The Morgan fingerprint density at radius 1 is 0.933 bits per heavy atom. The average molecular weight is 424 g/mol. The summed E-state index contributed by atoms with van der Waals surface area (Å²) in [5.74, 6) is -2.55. The summed E-state index contributed by atoms with van der Waals surface area (Å²) in [6.45, 7) is 2.21. The van der Waals surface area contributed by atoms with E-state index in [9.17, 15) is 14.4 Å². The molecule has 0 spiro atoms. The number of unbranched alkanes of at least 4 members (excludes halogenated alkanes) is 1. The Morgan fingerprint density at radius 3 is 2.07 bits per heavy atom. The van der Waals surface area contributed by atoms with Gasteiger partial charge in [-0.05, 0) is 37.9 Å². The number of ketones is 1. The Labute approximate surface area is 200 Å². The van der Waals surface area contributed by atoms with Gasteiger partial charge in [0.05, 0.1) is 5.92 Å². The molecule has 2 atom stereocenters. The molecule has 2 aromatic rings. The maximum atomic E-state index is 12.2. The van der Waals surface area contributed by atoms with Crippen molar-refractivity contribution in [3.8, 4) is 0 Å². The standard InChI is InChI=1S/C16H14O3.C6H14N2O2.Na.H/c1-11(16(18)19)13-8-5-9-14(10-13)15(17)12-6-3-2-4-7-12;7-4-2-1-3-5(8)6(9)10;;/h2-11H,1H3,(H,18,19);5H,1-4,7-8H2,(H,9,10);;/q;;+1;-1.